The molecule has 4 nitrogen and oxygen atoms in total. The number of morpholine rings is 1. The molecule has 1 unspecified atom stereocenters. The Morgan fingerprint density at radius 3 is 3.10 bits per heavy atom. The topological polar surface area (TPSA) is 32.8 Å². The Kier molecular flexibility index (Phi) is 6.01. The lowest BCUT2D eigenvalue weighted by Crippen LogP contribution is -2.46. The summed E-state index contributed by atoms with van der Waals surface area (Å²) in [5.41, 5.74) is 0. The Balaban J connectivity index is 1.74. The van der Waals surface area contributed by atoms with Crippen molar-refractivity contribution in [2.24, 2.45) is 0 Å². The van der Waals surface area contributed by atoms with Gasteiger partial charge in [-0.1, -0.05) is 6.07 Å². The largest absolute Gasteiger partial charge is 0.374 e. The fourth-order valence-corrected chi connectivity index (χ4v) is 3.07. The van der Waals surface area contributed by atoms with Crippen molar-refractivity contribution < 1.29 is 9.53 Å². The second kappa shape index (κ2) is 7.76. The van der Waals surface area contributed by atoms with Gasteiger partial charge in [-0.2, -0.15) is 0 Å². The molecule has 0 saturated carbocycles. The van der Waals surface area contributed by atoms with Crippen LogP contribution in [0.1, 0.15) is 17.7 Å². The average molecular weight is 296 g/mol. The van der Waals surface area contributed by atoms with Gasteiger partial charge in [-0.05, 0) is 38.4 Å². The lowest BCUT2D eigenvalue weighted by atomic mass is 10.1. The molecular formula is C15H24N2O2S. The lowest BCUT2D eigenvalue weighted by molar-refractivity contribution is -0.139. The molecule has 1 aliphatic rings. The molecule has 112 valence electrons. The standard InChI is InChI=1S/C15H24N2O2S/c1-16(2)8-7-13-12-17(9-10-19-13)15(18)6-5-14-4-3-11-20-14/h3-4,11,13H,5-10,12H2,1-2H3. The number of rotatable bonds is 6. The van der Waals surface area contributed by atoms with Crippen LogP contribution in [0.4, 0.5) is 0 Å². The molecule has 0 bridgehead atoms. The molecule has 0 aromatic carbocycles. The molecule has 1 aromatic rings. The molecule has 0 N–H and O–H groups in total. The SMILES string of the molecule is CN(C)CCC1CN(C(=O)CCc2cccs2)CCO1. The van der Waals surface area contributed by atoms with E-state index in [0.717, 1.165) is 32.5 Å². The van der Waals surface area contributed by atoms with Gasteiger partial charge in [-0.15, -0.1) is 11.3 Å². The summed E-state index contributed by atoms with van der Waals surface area (Å²) in [4.78, 5) is 17.7. The van der Waals surface area contributed by atoms with Gasteiger partial charge in [0.05, 0.1) is 12.7 Å². The zero-order valence-corrected chi connectivity index (χ0v) is 13.2. The van der Waals surface area contributed by atoms with Gasteiger partial charge in [0.1, 0.15) is 0 Å². The second-order valence-corrected chi connectivity index (χ2v) is 6.54. The number of hydrogen-bond acceptors (Lipinski definition) is 4. The van der Waals surface area contributed by atoms with Crippen LogP contribution >= 0.6 is 11.3 Å². The Morgan fingerprint density at radius 2 is 2.40 bits per heavy atom. The molecule has 1 saturated heterocycles. The third-order valence-corrected chi connectivity index (χ3v) is 4.49. The molecule has 5 heteroatoms. The monoisotopic (exact) mass is 296 g/mol. The molecule has 1 aliphatic heterocycles. The van der Waals surface area contributed by atoms with Gasteiger partial charge in [0.15, 0.2) is 0 Å². The average Bonchev–Trinajstić information content (AvgIpc) is 2.96. The van der Waals surface area contributed by atoms with Crippen LogP contribution in [-0.4, -0.2) is 62.1 Å². The van der Waals surface area contributed by atoms with Crippen molar-refractivity contribution in [3.63, 3.8) is 0 Å². The van der Waals surface area contributed by atoms with Crippen LogP contribution in [-0.2, 0) is 16.0 Å². The van der Waals surface area contributed by atoms with Crippen molar-refractivity contribution in [3.05, 3.63) is 22.4 Å². The fraction of sp³-hybridized carbons (Fsp3) is 0.667. The maximum absolute atomic E-state index is 12.2. The van der Waals surface area contributed by atoms with Crippen LogP contribution in [0.25, 0.3) is 0 Å². The first-order valence-electron chi connectivity index (χ1n) is 7.21. The summed E-state index contributed by atoms with van der Waals surface area (Å²) < 4.78 is 5.74. The number of carbonyl (C=O) groups excluding carboxylic acids is 1. The maximum atomic E-state index is 12.2. The van der Waals surface area contributed by atoms with Gasteiger partial charge >= 0.3 is 0 Å². The minimum Gasteiger partial charge on any atom is -0.374 e. The van der Waals surface area contributed by atoms with Crippen molar-refractivity contribution in [2.45, 2.75) is 25.4 Å². The number of carbonyl (C=O) groups is 1. The number of ether oxygens (including phenoxy) is 1. The molecule has 0 aliphatic carbocycles. The smallest absolute Gasteiger partial charge is 0.223 e. The Bertz CT molecular complexity index is 406. The van der Waals surface area contributed by atoms with E-state index in [9.17, 15) is 4.79 Å². The second-order valence-electron chi connectivity index (χ2n) is 5.50. The first kappa shape index (κ1) is 15.5. The minimum absolute atomic E-state index is 0.192. The number of thiophene rings is 1. The van der Waals surface area contributed by atoms with E-state index < -0.39 is 0 Å². The summed E-state index contributed by atoms with van der Waals surface area (Å²) in [5.74, 6) is 0.261. The zero-order chi connectivity index (χ0) is 14.4. The number of hydrogen-bond donors (Lipinski definition) is 0. The van der Waals surface area contributed by atoms with Crippen LogP contribution in [0.15, 0.2) is 17.5 Å². The summed E-state index contributed by atoms with van der Waals surface area (Å²) in [7, 11) is 4.12. The fourth-order valence-electron chi connectivity index (χ4n) is 2.37. The molecule has 1 amide bonds. The first-order chi connectivity index (χ1) is 9.65. The van der Waals surface area contributed by atoms with E-state index in [0.29, 0.717) is 13.0 Å². The van der Waals surface area contributed by atoms with E-state index in [-0.39, 0.29) is 12.0 Å². The van der Waals surface area contributed by atoms with Crippen LogP contribution in [0.3, 0.4) is 0 Å². The van der Waals surface area contributed by atoms with E-state index in [1.807, 2.05) is 11.0 Å². The Hall–Kier alpha value is -0.910. The maximum Gasteiger partial charge on any atom is 0.223 e. The van der Waals surface area contributed by atoms with Crippen molar-refractivity contribution in [2.75, 3.05) is 40.3 Å². The first-order valence-corrected chi connectivity index (χ1v) is 8.09. The zero-order valence-electron chi connectivity index (χ0n) is 12.4. The van der Waals surface area contributed by atoms with Gasteiger partial charge in [0.2, 0.25) is 5.91 Å². The predicted molar refractivity (Wildman–Crippen MR) is 82.1 cm³/mol. The molecular weight excluding hydrogens is 272 g/mol. The van der Waals surface area contributed by atoms with Crippen molar-refractivity contribution in [3.8, 4) is 0 Å². The number of nitrogens with zero attached hydrogens (tertiary/aromatic N) is 2. The molecule has 1 atom stereocenters. The minimum atomic E-state index is 0.192. The van der Waals surface area contributed by atoms with Gasteiger partial charge < -0.3 is 14.5 Å². The number of amides is 1. The van der Waals surface area contributed by atoms with Crippen LogP contribution in [0.2, 0.25) is 0 Å². The number of aryl methyl sites for hydroxylation is 1. The molecule has 1 fully saturated rings. The highest BCUT2D eigenvalue weighted by Crippen LogP contribution is 2.14. The summed E-state index contributed by atoms with van der Waals surface area (Å²) in [5, 5.41) is 2.06. The molecule has 2 heterocycles. The predicted octanol–water partition coefficient (Wildman–Crippen LogP) is 1.86. The summed E-state index contributed by atoms with van der Waals surface area (Å²) in [6.07, 6.45) is 2.65. The van der Waals surface area contributed by atoms with E-state index in [1.54, 1.807) is 11.3 Å². The van der Waals surface area contributed by atoms with Crippen LogP contribution in [0.5, 0.6) is 0 Å². The highest BCUT2D eigenvalue weighted by Gasteiger charge is 2.23. The lowest BCUT2D eigenvalue weighted by Gasteiger charge is -2.33. The van der Waals surface area contributed by atoms with Crippen molar-refractivity contribution >= 4 is 17.2 Å². The van der Waals surface area contributed by atoms with E-state index in [2.05, 4.69) is 30.4 Å². The quantitative estimate of drug-likeness (QED) is 0.803. The van der Waals surface area contributed by atoms with Crippen LogP contribution in [0, 0.1) is 0 Å². The Morgan fingerprint density at radius 1 is 1.55 bits per heavy atom. The summed E-state index contributed by atoms with van der Waals surface area (Å²) >= 11 is 1.72. The third kappa shape index (κ3) is 4.89. The molecule has 20 heavy (non-hydrogen) atoms. The molecule has 1 aromatic heterocycles. The molecule has 0 radical (unpaired) electrons. The normalized spacial score (nSPS) is 19.6. The van der Waals surface area contributed by atoms with E-state index >= 15 is 0 Å². The van der Waals surface area contributed by atoms with Crippen LogP contribution < -0.4 is 0 Å². The highest BCUT2D eigenvalue weighted by atomic mass is 32.1. The summed E-state index contributed by atoms with van der Waals surface area (Å²) in [6, 6.07) is 4.13. The van der Waals surface area contributed by atoms with Gasteiger partial charge in [-0.25, -0.2) is 0 Å². The third-order valence-electron chi connectivity index (χ3n) is 3.56. The van der Waals surface area contributed by atoms with Gasteiger partial charge in [-0.3, -0.25) is 4.79 Å². The van der Waals surface area contributed by atoms with Gasteiger partial charge in [0, 0.05) is 30.9 Å². The van der Waals surface area contributed by atoms with Crippen molar-refractivity contribution in [1.82, 2.24) is 9.80 Å². The molecule has 0 spiro atoms. The van der Waals surface area contributed by atoms with E-state index in [1.165, 1.54) is 4.88 Å². The van der Waals surface area contributed by atoms with Crippen molar-refractivity contribution in [1.29, 1.82) is 0 Å². The Labute approximate surface area is 125 Å². The van der Waals surface area contributed by atoms with Gasteiger partial charge in [0.25, 0.3) is 0 Å². The highest BCUT2D eigenvalue weighted by molar-refractivity contribution is 7.09. The van der Waals surface area contributed by atoms with E-state index in [4.69, 9.17) is 4.74 Å². The molecule has 2 rings (SSSR count). The summed E-state index contributed by atoms with van der Waals surface area (Å²) in [6.45, 7) is 3.16.